The smallest absolute Gasteiger partial charge is 0.241 e. The molecule has 1 aliphatic heterocycles. The van der Waals surface area contributed by atoms with E-state index in [1.54, 1.807) is 6.07 Å². The highest BCUT2D eigenvalue weighted by molar-refractivity contribution is 7.89. The fourth-order valence-electron chi connectivity index (χ4n) is 2.17. The molecule has 8 heteroatoms. The van der Waals surface area contributed by atoms with Crippen LogP contribution >= 0.6 is 11.6 Å². The summed E-state index contributed by atoms with van der Waals surface area (Å²) >= 11 is 5.80. The first-order valence-electron chi connectivity index (χ1n) is 6.69. The zero-order valence-corrected chi connectivity index (χ0v) is 13.4. The molecule has 6 nitrogen and oxygen atoms in total. The highest BCUT2D eigenvalue weighted by atomic mass is 35.5. The minimum atomic E-state index is -3.89. The van der Waals surface area contributed by atoms with Gasteiger partial charge in [-0.2, -0.15) is 0 Å². The predicted molar refractivity (Wildman–Crippen MR) is 80.2 cm³/mol. The molecule has 1 unspecified atom stereocenters. The van der Waals surface area contributed by atoms with E-state index in [0.29, 0.717) is 6.61 Å². The van der Waals surface area contributed by atoms with E-state index in [1.807, 2.05) is 0 Å². The van der Waals surface area contributed by atoms with Gasteiger partial charge in [0.1, 0.15) is 23.4 Å². The number of sulfonamides is 1. The second-order valence-electron chi connectivity index (χ2n) is 4.83. The fraction of sp³-hybridized carbons (Fsp3) is 0.538. The summed E-state index contributed by atoms with van der Waals surface area (Å²) in [6.45, 7) is 5.60. The number of hydrogen-bond donors (Lipinski definition) is 1. The molecule has 0 aliphatic carbocycles. The van der Waals surface area contributed by atoms with Crippen LogP contribution in [0.2, 0.25) is 5.02 Å². The molecule has 0 saturated carbocycles. The van der Waals surface area contributed by atoms with Crippen molar-refractivity contribution in [2.75, 3.05) is 32.8 Å². The molecular weight excluding hydrogens is 316 g/mol. The van der Waals surface area contributed by atoms with Gasteiger partial charge in [0.25, 0.3) is 0 Å². The van der Waals surface area contributed by atoms with Crippen LogP contribution in [0.3, 0.4) is 0 Å². The molecule has 118 valence electrons. The van der Waals surface area contributed by atoms with Gasteiger partial charge >= 0.3 is 0 Å². The first kappa shape index (κ1) is 16.5. The Hall–Kier alpha value is -0.860. The summed E-state index contributed by atoms with van der Waals surface area (Å²) in [6, 6.07) is 4.35. The number of likely N-dealkylation sites (N-methyl/N-ethyl adjacent to an activating group) is 1. The molecule has 1 fully saturated rings. The highest BCUT2D eigenvalue weighted by Crippen LogP contribution is 2.26. The Bertz CT molecular complexity index is 594. The van der Waals surface area contributed by atoms with Crippen LogP contribution in [0.25, 0.3) is 0 Å². The van der Waals surface area contributed by atoms with E-state index in [2.05, 4.69) is 11.8 Å². The largest absolute Gasteiger partial charge is 0.489 e. The lowest BCUT2D eigenvalue weighted by Gasteiger charge is -2.31. The summed E-state index contributed by atoms with van der Waals surface area (Å²) in [7, 11) is -3.89. The van der Waals surface area contributed by atoms with E-state index >= 15 is 0 Å². The second-order valence-corrected chi connectivity index (χ2v) is 6.80. The Morgan fingerprint density at radius 2 is 2.29 bits per heavy atom. The molecule has 0 radical (unpaired) electrons. The number of halogens is 1. The van der Waals surface area contributed by atoms with E-state index in [1.165, 1.54) is 12.1 Å². The SMILES string of the molecule is CCN1CCOC(COc2ccc(Cl)cc2S(N)(=O)=O)C1. The van der Waals surface area contributed by atoms with Gasteiger partial charge in [-0.15, -0.1) is 0 Å². The summed E-state index contributed by atoms with van der Waals surface area (Å²) in [4.78, 5) is 2.14. The van der Waals surface area contributed by atoms with Gasteiger partial charge in [-0.25, -0.2) is 13.6 Å². The summed E-state index contributed by atoms with van der Waals surface area (Å²) < 4.78 is 34.3. The van der Waals surface area contributed by atoms with E-state index in [4.69, 9.17) is 26.2 Å². The van der Waals surface area contributed by atoms with Crippen molar-refractivity contribution in [2.45, 2.75) is 17.9 Å². The van der Waals surface area contributed by atoms with Crippen LogP contribution in [0.15, 0.2) is 23.1 Å². The van der Waals surface area contributed by atoms with Crippen LogP contribution in [-0.4, -0.2) is 52.3 Å². The highest BCUT2D eigenvalue weighted by Gasteiger charge is 2.22. The number of primary sulfonamides is 1. The zero-order valence-electron chi connectivity index (χ0n) is 11.8. The lowest BCUT2D eigenvalue weighted by molar-refractivity contribution is -0.0467. The Kier molecular flexibility index (Phi) is 5.45. The molecule has 1 aliphatic rings. The fourth-order valence-corrected chi connectivity index (χ4v) is 3.11. The van der Waals surface area contributed by atoms with Gasteiger partial charge in [-0.1, -0.05) is 18.5 Å². The maximum atomic E-state index is 11.6. The third-order valence-electron chi connectivity index (χ3n) is 3.31. The van der Waals surface area contributed by atoms with Crippen LogP contribution in [-0.2, 0) is 14.8 Å². The molecule has 1 aromatic carbocycles. The Morgan fingerprint density at radius 3 is 2.95 bits per heavy atom. The van der Waals surface area contributed by atoms with Crippen LogP contribution < -0.4 is 9.88 Å². The van der Waals surface area contributed by atoms with Gasteiger partial charge in [-0.05, 0) is 24.7 Å². The van der Waals surface area contributed by atoms with Gasteiger partial charge in [0.05, 0.1) is 6.61 Å². The van der Waals surface area contributed by atoms with E-state index < -0.39 is 10.0 Å². The third-order valence-corrected chi connectivity index (χ3v) is 4.47. The van der Waals surface area contributed by atoms with Gasteiger partial charge in [0.2, 0.25) is 10.0 Å². The maximum Gasteiger partial charge on any atom is 0.241 e. The van der Waals surface area contributed by atoms with Crippen molar-refractivity contribution < 1.29 is 17.9 Å². The number of hydrogen-bond acceptors (Lipinski definition) is 5. The third kappa shape index (κ3) is 4.55. The summed E-state index contributed by atoms with van der Waals surface area (Å²) in [5.41, 5.74) is 0. The molecule has 1 atom stereocenters. The monoisotopic (exact) mass is 334 g/mol. The second kappa shape index (κ2) is 6.93. The number of rotatable bonds is 5. The lowest BCUT2D eigenvalue weighted by Crippen LogP contribution is -2.44. The summed E-state index contributed by atoms with van der Waals surface area (Å²) in [5, 5.41) is 5.46. The van der Waals surface area contributed by atoms with E-state index in [-0.39, 0.29) is 28.4 Å². The molecule has 0 spiro atoms. The van der Waals surface area contributed by atoms with E-state index in [0.717, 1.165) is 19.6 Å². The Labute approximate surface area is 129 Å². The molecule has 2 N–H and O–H groups in total. The molecule has 0 bridgehead atoms. The van der Waals surface area contributed by atoms with Crippen LogP contribution in [0.5, 0.6) is 5.75 Å². The molecule has 1 aromatic rings. The molecule has 2 rings (SSSR count). The van der Waals surface area contributed by atoms with Crippen LogP contribution in [0.1, 0.15) is 6.92 Å². The molecule has 21 heavy (non-hydrogen) atoms. The first-order chi connectivity index (χ1) is 9.90. The molecule has 1 saturated heterocycles. The Balaban J connectivity index is 2.06. The molecular formula is C13H19ClN2O4S. The number of benzene rings is 1. The van der Waals surface area contributed by atoms with Crippen molar-refractivity contribution in [1.82, 2.24) is 4.90 Å². The quantitative estimate of drug-likeness (QED) is 0.871. The van der Waals surface area contributed by atoms with E-state index in [9.17, 15) is 8.42 Å². The average molecular weight is 335 g/mol. The molecule has 0 aromatic heterocycles. The van der Waals surface area contributed by atoms with Gasteiger partial charge < -0.3 is 9.47 Å². The molecule has 0 amide bonds. The van der Waals surface area contributed by atoms with Crippen molar-refractivity contribution in [3.63, 3.8) is 0 Å². The standard InChI is InChI=1S/C13H19ClN2O4S/c1-2-16-5-6-19-11(8-16)9-20-12-4-3-10(14)7-13(12)21(15,17)18/h3-4,7,11H,2,5-6,8-9H2,1H3,(H2,15,17,18). The lowest BCUT2D eigenvalue weighted by atomic mass is 10.3. The zero-order chi connectivity index (χ0) is 15.5. The minimum Gasteiger partial charge on any atom is -0.489 e. The first-order valence-corrected chi connectivity index (χ1v) is 8.61. The summed E-state index contributed by atoms with van der Waals surface area (Å²) in [6.07, 6.45) is -0.0947. The molecule has 1 heterocycles. The van der Waals surface area contributed by atoms with Crippen molar-refractivity contribution in [3.05, 3.63) is 23.2 Å². The van der Waals surface area contributed by atoms with Crippen molar-refractivity contribution in [1.29, 1.82) is 0 Å². The predicted octanol–water partition coefficient (Wildman–Crippen LogP) is 1.09. The number of nitrogens with zero attached hydrogens (tertiary/aromatic N) is 1. The van der Waals surface area contributed by atoms with Gasteiger partial charge in [0.15, 0.2) is 0 Å². The maximum absolute atomic E-state index is 11.6. The minimum absolute atomic E-state index is 0.0947. The van der Waals surface area contributed by atoms with Crippen LogP contribution in [0.4, 0.5) is 0 Å². The van der Waals surface area contributed by atoms with Crippen molar-refractivity contribution in [3.8, 4) is 5.75 Å². The van der Waals surface area contributed by atoms with Crippen molar-refractivity contribution in [2.24, 2.45) is 5.14 Å². The van der Waals surface area contributed by atoms with Gasteiger partial charge in [-0.3, -0.25) is 4.90 Å². The number of ether oxygens (including phenoxy) is 2. The number of nitrogens with two attached hydrogens (primary N) is 1. The van der Waals surface area contributed by atoms with Crippen molar-refractivity contribution >= 4 is 21.6 Å². The topological polar surface area (TPSA) is 81.9 Å². The summed E-state index contributed by atoms with van der Waals surface area (Å²) in [5.74, 6) is 0.194. The van der Waals surface area contributed by atoms with Gasteiger partial charge in [0, 0.05) is 18.1 Å². The average Bonchev–Trinajstić information content (AvgIpc) is 2.45. The van der Waals surface area contributed by atoms with Crippen LogP contribution in [0, 0.1) is 0 Å². The normalized spacial score (nSPS) is 20.4. The Morgan fingerprint density at radius 1 is 1.52 bits per heavy atom. The number of morpholine rings is 1.